The van der Waals surface area contributed by atoms with Gasteiger partial charge in [-0.05, 0) is 19.8 Å². The fourth-order valence-corrected chi connectivity index (χ4v) is 2.93. The molecule has 2 amide bonds. The van der Waals surface area contributed by atoms with Crippen LogP contribution in [0.1, 0.15) is 40.0 Å². The van der Waals surface area contributed by atoms with E-state index >= 15 is 0 Å². The third-order valence-corrected chi connectivity index (χ3v) is 4.88. The van der Waals surface area contributed by atoms with Crippen LogP contribution in [0.25, 0.3) is 0 Å². The summed E-state index contributed by atoms with van der Waals surface area (Å²) in [6.07, 6.45) is 2.56. The molecule has 0 heterocycles. The van der Waals surface area contributed by atoms with Gasteiger partial charge in [0.1, 0.15) is 5.54 Å². The first kappa shape index (κ1) is 16.2. The van der Waals surface area contributed by atoms with Gasteiger partial charge in [0, 0.05) is 31.5 Å². The van der Waals surface area contributed by atoms with Crippen molar-refractivity contribution in [2.45, 2.75) is 57.7 Å². The predicted molar refractivity (Wildman–Crippen MR) is 79.5 cm³/mol. The van der Waals surface area contributed by atoms with Crippen molar-refractivity contribution in [3.05, 3.63) is 0 Å². The average Bonchev–Trinajstić information content (AvgIpc) is 3.20. The summed E-state index contributed by atoms with van der Waals surface area (Å²) in [5, 5.41) is 2.88. The van der Waals surface area contributed by atoms with E-state index in [-0.39, 0.29) is 24.5 Å². The largest absolute Gasteiger partial charge is 0.378 e. The van der Waals surface area contributed by atoms with Gasteiger partial charge in [-0.3, -0.25) is 9.59 Å². The Kier molecular flexibility index (Phi) is 4.31. The Morgan fingerprint density at radius 3 is 2.48 bits per heavy atom. The number of hydrogen-bond donors (Lipinski definition) is 2. The molecule has 0 bridgehead atoms. The molecule has 2 atom stereocenters. The number of hydrogen-bond acceptors (Lipinski definition) is 4. The molecule has 0 aliphatic heterocycles. The number of rotatable bonds is 6. The molecule has 120 valence electrons. The van der Waals surface area contributed by atoms with Gasteiger partial charge in [0.25, 0.3) is 0 Å². The highest BCUT2D eigenvalue weighted by Crippen LogP contribution is 2.50. The van der Waals surface area contributed by atoms with E-state index in [4.69, 9.17) is 10.5 Å². The summed E-state index contributed by atoms with van der Waals surface area (Å²) in [4.78, 5) is 25.8. The van der Waals surface area contributed by atoms with Crippen LogP contribution in [0.5, 0.6) is 0 Å². The van der Waals surface area contributed by atoms with Crippen LogP contribution in [-0.4, -0.2) is 54.6 Å². The van der Waals surface area contributed by atoms with Crippen molar-refractivity contribution in [2.75, 3.05) is 20.2 Å². The monoisotopic (exact) mass is 297 g/mol. The second-order valence-electron chi connectivity index (χ2n) is 6.84. The minimum absolute atomic E-state index is 0.00913. The van der Waals surface area contributed by atoms with Crippen LogP contribution in [0.4, 0.5) is 0 Å². The quantitative estimate of drug-likeness (QED) is 0.736. The lowest BCUT2D eigenvalue weighted by Crippen LogP contribution is -2.76. The first-order valence-electron chi connectivity index (χ1n) is 7.67. The Morgan fingerprint density at radius 2 is 2.00 bits per heavy atom. The van der Waals surface area contributed by atoms with Gasteiger partial charge in [-0.25, -0.2) is 0 Å². The number of nitrogens with two attached hydrogens (primary N) is 1. The van der Waals surface area contributed by atoms with Gasteiger partial charge in [-0.1, -0.05) is 13.8 Å². The van der Waals surface area contributed by atoms with Crippen molar-refractivity contribution in [2.24, 2.45) is 11.1 Å². The molecule has 2 aliphatic rings. The summed E-state index contributed by atoms with van der Waals surface area (Å²) >= 11 is 0. The Balaban J connectivity index is 1.93. The van der Waals surface area contributed by atoms with Gasteiger partial charge in [0.2, 0.25) is 11.8 Å². The first-order valence-corrected chi connectivity index (χ1v) is 7.67. The third kappa shape index (κ3) is 2.92. The summed E-state index contributed by atoms with van der Waals surface area (Å²) in [6.45, 7) is 6.50. The molecular weight excluding hydrogens is 270 g/mol. The summed E-state index contributed by atoms with van der Waals surface area (Å²) < 4.78 is 5.63. The SMILES string of the molecule is CCOC1CC(N)(C(=O)N(C)CC(=O)NC2CC2)C1(C)C. The molecule has 3 N–H and O–H groups in total. The van der Waals surface area contributed by atoms with Crippen molar-refractivity contribution in [3.8, 4) is 0 Å². The third-order valence-electron chi connectivity index (χ3n) is 4.88. The van der Waals surface area contributed by atoms with Gasteiger partial charge in [-0.2, -0.15) is 0 Å². The van der Waals surface area contributed by atoms with Crippen molar-refractivity contribution in [3.63, 3.8) is 0 Å². The molecule has 21 heavy (non-hydrogen) atoms. The molecule has 0 saturated heterocycles. The number of ether oxygens (including phenoxy) is 1. The number of likely N-dealkylation sites (N-methyl/N-ethyl adjacent to an activating group) is 1. The highest BCUT2D eigenvalue weighted by molar-refractivity contribution is 5.92. The standard InChI is InChI=1S/C15H27N3O3/c1-5-21-11-8-15(16,14(11,2)3)13(20)18(4)9-12(19)17-10-6-7-10/h10-11H,5-9,16H2,1-4H3,(H,17,19). The average molecular weight is 297 g/mol. The molecule has 2 unspecified atom stereocenters. The lowest BCUT2D eigenvalue weighted by atomic mass is 9.54. The number of carbonyl (C=O) groups excluding carboxylic acids is 2. The number of amides is 2. The van der Waals surface area contributed by atoms with Crippen molar-refractivity contribution >= 4 is 11.8 Å². The molecule has 0 radical (unpaired) electrons. The molecular formula is C15H27N3O3. The molecule has 0 spiro atoms. The maximum absolute atomic E-state index is 12.6. The number of nitrogens with zero attached hydrogens (tertiary/aromatic N) is 1. The van der Waals surface area contributed by atoms with Crippen LogP contribution >= 0.6 is 0 Å². The number of carbonyl (C=O) groups is 2. The maximum Gasteiger partial charge on any atom is 0.243 e. The van der Waals surface area contributed by atoms with Crippen LogP contribution in [0.3, 0.4) is 0 Å². The van der Waals surface area contributed by atoms with E-state index in [0.717, 1.165) is 12.8 Å². The topological polar surface area (TPSA) is 84.7 Å². The molecule has 2 rings (SSSR count). The lowest BCUT2D eigenvalue weighted by molar-refractivity contribution is -0.178. The molecule has 2 fully saturated rings. The smallest absolute Gasteiger partial charge is 0.243 e. The molecule has 2 aliphatic carbocycles. The molecule has 0 aromatic carbocycles. The van der Waals surface area contributed by atoms with Gasteiger partial charge in [0.15, 0.2) is 0 Å². The molecule has 2 saturated carbocycles. The zero-order valence-electron chi connectivity index (χ0n) is 13.4. The summed E-state index contributed by atoms with van der Waals surface area (Å²) in [6, 6.07) is 0.301. The molecule has 6 nitrogen and oxygen atoms in total. The molecule has 0 aromatic heterocycles. The Bertz CT molecular complexity index is 434. The summed E-state index contributed by atoms with van der Waals surface area (Å²) in [5.74, 6) is -0.301. The van der Waals surface area contributed by atoms with Crippen LogP contribution in [0, 0.1) is 5.41 Å². The highest BCUT2D eigenvalue weighted by Gasteiger charge is 2.63. The second-order valence-corrected chi connectivity index (χ2v) is 6.84. The van der Waals surface area contributed by atoms with E-state index in [0.29, 0.717) is 19.1 Å². The Hall–Kier alpha value is -1.14. The molecule has 6 heteroatoms. The van der Waals surface area contributed by atoms with Crippen LogP contribution in [0.2, 0.25) is 0 Å². The predicted octanol–water partition coefficient (Wildman–Crippen LogP) is 0.256. The minimum Gasteiger partial charge on any atom is -0.378 e. The van der Waals surface area contributed by atoms with E-state index in [9.17, 15) is 9.59 Å². The van der Waals surface area contributed by atoms with Crippen molar-refractivity contribution in [1.82, 2.24) is 10.2 Å². The van der Waals surface area contributed by atoms with E-state index < -0.39 is 11.0 Å². The van der Waals surface area contributed by atoms with Gasteiger partial charge in [-0.15, -0.1) is 0 Å². The normalized spacial score (nSPS) is 30.4. The fraction of sp³-hybridized carbons (Fsp3) is 0.867. The van der Waals surface area contributed by atoms with Crippen LogP contribution in [0.15, 0.2) is 0 Å². The van der Waals surface area contributed by atoms with Gasteiger partial charge in [0.05, 0.1) is 12.6 Å². The molecule has 0 aromatic rings. The van der Waals surface area contributed by atoms with Crippen molar-refractivity contribution < 1.29 is 14.3 Å². The zero-order valence-corrected chi connectivity index (χ0v) is 13.4. The van der Waals surface area contributed by atoms with Gasteiger partial charge >= 0.3 is 0 Å². The number of nitrogens with one attached hydrogen (secondary N) is 1. The highest BCUT2D eigenvalue weighted by atomic mass is 16.5. The fourth-order valence-electron chi connectivity index (χ4n) is 2.93. The Labute approximate surface area is 126 Å². The van der Waals surface area contributed by atoms with Crippen LogP contribution < -0.4 is 11.1 Å². The lowest BCUT2D eigenvalue weighted by Gasteiger charge is -2.58. The van der Waals surface area contributed by atoms with Crippen LogP contribution in [-0.2, 0) is 14.3 Å². The van der Waals surface area contributed by atoms with E-state index in [1.807, 2.05) is 20.8 Å². The second kappa shape index (κ2) is 5.57. The van der Waals surface area contributed by atoms with E-state index in [2.05, 4.69) is 5.32 Å². The summed E-state index contributed by atoms with van der Waals surface area (Å²) in [5.41, 5.74) is 4.95. The van der Waals surface area contributed by atoms with Crippen molar-refractivity contribution in [1.29, 1.82) is 0 Å². The van der Waals surface area contributed by atoms with Gasteiger partial charge < -0.3 is 20.7 Å². The summed E-state index contributed by atoms with van der Waals surface area (Å²) in [7, 11) is 1.63. The minimum atomic E-state index is -0.957. The van der Waals surface area contributed by atoms with E-state index in [1.165, 1.54) is 4.90 Å². The zero-order chi connectivity index (χ0) is 15.8. The Morgan fingerprint density at radius 1 is 1.38 bits per heavy atom. The first-order chi connectivity index (χ1) is 9.72. The maximum atomic E-state index is 12.6. The van der Waals surface area contributed by atoms with E-state index in [1.54, 1.807) is 7.05 Å².